The molecule has 0 radical (unpaired) electrons. The molecule has 0 bridgehead atoms. The van der Waals surface area contributed by atoms with E-state index >= 15 is 0 Å². The van der Waals surface area contributed by atoms with Gasteiger partial charge in [0.2, 0.25) is 0 Å². The van der Waals surface area contributed by atoms with Crippen LogP contribution < -0.4 is 15.3 Å². The van der Waals surface area contributed by atoms with Crippen molar-refractivity contribution in [2.24, 2.45) is 0 Å². The van der Waals surface area contributed by atoms with Crippen LogP contribution >= 0.6 is 0 Å². The van der Waals surface area contributed by atoms with E-state index in [-0.39, 0.29) is 44.8 Å². The van der Waals surface area contributed by atoms with Gasteiger partial charge >= 0.3 is 6.85 Å². The molecular formula is C75H80BN3. The Hall–Kier alpha value is -6.78. The molecule has 9 aromatic rings. The number of aromatic nitrogens is 1. The third-order valence-corrected chi connectivity index (χ3v) is 20.6. The van der Waals surface area contributed by atoms with Crippen LogP contribution in [0.25, 0.3) is 49.4 Å². The Kier molecular flexibility index (Phi) is 10.3. The Morgan fingerprint density at radius 2 is 0.987 bits per heavy atom. The Bertz CT molecular complexity index is 4060. The molecule has 0 atom stereocenters. The lowest BCUT2D eigenvalue weighted by molar-refractivity contribution is 0.331. The van der Waals surface area contributed by atoms with Gasteiger partial charge in [0, 0.05) is 72.5 Å². The van der Waals surface area contributed by atoms with Crippen LogP contribution in [0.1, 0.15) is 181 Å². The highest BCUT2D eigenvalue weighted by Gasteiger charge is 2.55. The first-order valence-corrected chi connectivity index (χ1v) is 29.7. The summed E-state index contributed by atoms with van der Waals surface area (Å²) < 4.78 is 2.82. The molecule has 5 aliphatic rings. The van der Waals surface area contributed by atoms with E-state index in [2.05, 4.69) is 271 Å². The standard InChI is InChI=1S/C75H80BN3/c1-69(2,3)47-24-28-49(29-25-47)77(50-30-26-48(27-31-50)70(4,5)6)52-40-56-54-23-19-22-53-55-38-45-20-17-18-21-46(45)39-63(55)79(66(53)54)76-65(56)64(42-52)78(51-32-33-58-60(41-51)72(9,10)35-34-71(58,7)8)67-57-43-61-62(44-59(57)75(15,16)68(67)76)74(13,14)37-36-73(61,11)12/h17-33,38-44H,34-37H2,1-16H3. The van der Waals surface area contributed by atoms with Gasteiger partial charge in [-0.3, -0.25) is 0 Å². The third kappa shape index (κ3) is 7.23. The lowest BCUT2D eigenvalue weighted by Crippen LogP contribution is -2.52. The van der Waals surface area contributed by atoms with Gasteiger partial charge in [0.05, 0.1) is 0 Å². The van der Waals surface area contributed by atoms with Gasteiger partial charge in [-0.15, -0.1) is 0 Å². The van der Waals surface area contributed by atoms with E-state index in [1.54, 1.807) is 0 Å². The molecule has 0 amide bonds. The summed E-state index contributed by atoms with van der Waals surface area (Å²) >= 11 is 0. The average molecular weight is 1030 g/mol. The summed E-state index contributed by atoms with van der Waals surface area (Å²) in [5.41, 5.74) is 26.9. The molecule has 0 fully saturated rings. The van der Waals surface area contributed by atoms with Gasteiger partial charge in [-0.2, -0.15) is 0 Å². The lowest BCUT2D eigenvalue weighted by Gasteiger charge is -2.45. The molecule has 3 heterocycles. The van der Waals surface area contributed by atoms with E-state index < -0.39 is 0 Å². The van der Waals surface area contributed by atoms with Crippen LogP contribution in [0.15, 0.2) is 151 Å². The van der Waals surface area contributed by atoms with E-state index in [0.717, 1.165) is 23.5 Å². The van der Waals surface area contributed by atoms with Crippen LogP contribution in [0, 0.1) is 0 Å². The molecule has 3 aliphatic carbocycles. The third-order valence-electron chi connectivity index (χ3n) is 20.6. The van der Waals surface area contributed by atoms with Crippen LogP contribution in [0.3, 0.4) is 0 Å². The highest BCUT2D eigenvalue weighted by Crippen LogP contribution is 2.61. The number of rotatable bonds is 4. The minimum atomic E-state index is -0.328. The largest absolute Gasteiger partial charge is 0.376 e. The van der Waals surface area contributed by atoms with Crippen molar-refractivity contribution in [3.63, 3.8) is 0 Å². The van der Waals surface area contributed by atoms with Crippen molar-refractivity contribution in [3.05, 3.63) is 196 Å². The average Bonchev–Trinajstić information content (AvgIpc) is 2.84. The zero-order chi connectivity index (χ0) is 55.5. The van der Waals surface area contributed by atoms with Gasteiger partial charge in [-0.25, -0.2) is 0 Å². The number of anilines is 5. The van der Waals surface area contributed by atoms with E-state index in [4.69, 9.17) is 0 Å². The number of hydrogen-bond donors (Lipinski definition) is 0. The van der Waals surface area contributed by atoms with Gasteiger partial charge in [0.15, 0.2) is 0 Å². The van der Waals surface area contributed by atoms with Crippen LogP contribution in [0.5, 0.6) is 0 Å². The van der Waals surface area contributed by atoms with Crippen molar-refractivity contribution in [2.45, 2.75) is 174 Å². The van der Waals surface area contributed by atoms with Crippen LogP contribution in [0.4, 0.5) is 28.4 Å². The van der Waals surface area contributed by atoms with E-state index in [1.165, 1.54) is 135 Å². The van der Waals surface area contributed by atoms with Gasteiger partial charge < -0.3 is 14.3 Å². The first kappa shape index (κ1) is 50.4. The molecule has 4 heteroatoms. The SMILES string of the molecule is CC(C)(C)c1ccc(N(c2ccc(C(C)(C)C)cc2)c2cc3c4c(c2)N(c2ccc5c(c2)C(C)(C)CCC5(C)C)C2=C(B4n4c5cc6ccccc6cc5c5cccc-3c54)C(C)(C)c3cc4c(cc32)C(C)(C)CCC4(C)C)cc1. The second-order valence-electron chi connectivity index (χ2n) is 30.0. The van der Waals surface area contributed by atoms with Gasteiger partial charge in [-0.05, 0) is 191 Å². The monoisotopic (exact) mass is 1030 g/mol. The topological polar surface area (TPSA) is 11.4 Å². The molecule has 0 saturated carbocycles. The summed E-state index contributed by atoms with van der Waals surface area (Å²) in [6.45, 7) is 38.9. The van der Waals surface area contributed by atoms with Crippen molar-refractivity contribution < 1.29 is 0 Å². The fourth-order valence-electron chi connectivity index (χ4n) is 15.5. The zero-order valence-electron chi connectivity index (χ0n) is 50.1. The summed E-state index contributed by atoms with van der Waals surface area (Å²) in [4.78, 5) is 5.35. The minimum Gasteiger partial charge on any atom is -0.376 e. The second-order valence-corrected chi connectivity index (χ2v) is 30.0. The molecule has 0 spiro atoms. The Labute approximate surface area is 471 Å². The maximum absolute atomic E-state index is 2.82. The predicted molar refractivity (Wildman–Crippen MR) is 341 cm³/mol. The highest BCUT2D eigenvalue weighted by molar-refractivity contribution is 6.85. The summed E-state index contributed by atoms with van der Waals surface area (Å²) in [6.07, 6.45) is 4.68. The van der Waals surface area contributed by atoms with Crippen molar-refractivity contribution in [2.75, 3.05) is 9.80 Å². The summed E-state index contributed by atoms with van der Waals surface area (Å²) in [6, 6.07) is 58.3. The Morgan fingerprint density at radius 1 is 0.443 bits per heavy atom. The smallest absolute Gasteiger partial charge is 0.329 e. The van der Waals surface area contributed by atoms with Gasteiger partial charge in [0.25, 0.3) is 0 Å². The number of allylic oxidation sites excluding steroid dienone is 1. The van der Waals surface area contributed by atoms with Crippen molar-refractivity contribution in [1.82, 2.24) is 4.48 Å². The minimum absolute atomic E-state index is 0.0197. The molecule has 3 nitrogen and oxygen atoms in total. The predicted octanol–water partition coefficient (Wildman–Crippen LogP) is 19.8. The number of fused-ring (bicyclic) bond motifs is 11. The molecule has 0 unspecified atom stereocenters. The van der Waals surface area contributed by atoms with E-state index in [0.29, 0.717) is 0 Å². The lowest BCUT2D eigenvalue weighted by atomic mass is 9.40. The molecule has 14 rings (SSSR count). The number of para-hydroxylation sites is 1. The Balaban J connectivity index is 1.15. The van der Waals surface area contributed by atoms with Crippen LogP contribution in [-0.4, -0.2) is 11.3 Å². The second kappa shape index (κ2) is 16.2. The quantitative estimate of drug-likeness (QED) is 0.163. The fourth-order valence-corrected chi connectivity index (χ4v) is 15.5. The summed E-state index contributed by atoms with van der Waals surface area (Å²) in [5.74, 6) is 0. The molecule has 8 aromatic carbocycles. The maximum atomic E-state index is 2.82. The molecule has 1 aromatic heterocycles. The highest BCUT2D eigenvalue weighted by atomic mass is 15.2. The molecule has 2 aliphatic heterocycles. The van der Waals surface area contributed by atoms with Crippen molar-refractivity contribution in [1.29, 1.82) is 0 Å². The first-order valence-electron chi connectivity index (χ1n) is 29.7. The van der Waals surface area contributed by atoms with Crippen molar-refractivity contribution in [3.8, 4) is 11.1 Å². The molecule has 398 valence electrons. The summed E-state index contributed by atoms with van der Waals surface area (Å²) in [7, 11) is 0. The number of nitrogens with zero attached hydrogens (tertiary/aromatic N) is 3. The number of benzene rings is 8. The summed E-state index contributed by atoms with van der Waals surface area (Å²) in [5, 5.41) is 5.20. The first-order chi connectivity index (χ1) is 37.2. The molecule has 79 heavy (non-hydrogen) atoms. The van der Waals surface area contributed by atoms with Gasteiger partial charge in [0.1, 0.15) is 0 Å². The molecule has 0 N–H and O–H groups in total. The van der Waals surface area contributed by atoms with E-state index in [1.807, 2.05) is 0 Å². The van der Waals surface area contributed by atoms with Crippen molar-refractivity contribution >= 4 is 79.0 Å². The zero-order valence-corrected chi connectivity index (χ0v) is 50.1. The maximum Gasteiger partial charge on any atom is 0.329 e. The number of hydrogen-bond acceptors (Lipinski definition) is 2. The van der Waals surface area contributed by atoms with E-state index in [9.17, 15) is 0 Å². The Morgan fingerprint density at radius 3 is 1.57 bits per heavy atom. The molecule has 0 saturated heterocycles. The fraction of sp³-hybridized carbons (Fsp3) is 0.360. The van der Waals surface area contributed by atoms with Crippen LogP contribution in [-0.2, 0) is 37.9 Å². The normalized spacial score (nSPS) is 18.8. The molecular weight excluding hydrogens is 954 g/mol. The van der Waals surface area contributed by atoms with Crippen LogP contribution in [0.2, 0.25) is 0 Å². The van der Waals surface area contributed by atoms with Gasteiger partial charge in [-0.1, -0.05) is 190 Å².